The van der Waals surface area contributed by atoms with E-state index in [4.69, 9.17) is 5.11 Å². The second-order valence-corrected chi connectivity index (χ2v) is 6.58. The SMILES string of the molecule is CC(C)[C@@H](CO)NS(=O)(=O)CCc1ccccc1. The number of aliphatic hydroxyl groups excluding tert-OH is 1. The summed E-state index contributed by atoms with van der Waals surface area (Å²) in [7, 11) is -3.35. The van der Waals surface area contributed by atoms with Gasteiger partial charge in [-0.1, -0.05) is 44.2 Å². The van der Waals surface area contributed by atoms with Gasteiger partial charge in [-0.15, -0.1) is 0 Å². The molecule has 0 aromatic heterocycles. The van der Waals surface area contributed by atoms with Crippen LogP contribution in [0.15, 0.2) is 30.3 Å². The Morgan fingerprint density at radius 1 is 1.22 bits per heavy atom. The molecule has 0 spiro atoms. The molecule has 0 heterocycles. The molecule has 0 fully saturated rings. The number of hydrogen-bond donors (Lipinski definition) is 2. The van der Waals surface area contributed by atoms with Crippen LogP contribution in [0.5, 0.6) is 0 Å². The maximum Gasteiger partial charge on any atom is 0.212 e. The van der Waals surface area contributed by atoms with Gasteiger partial charge < -0.3 is 5.11 Å². The highest BCUT2D eigenvalue weighted by molar-refractivity contribution is 7.89. The summed E-state index contributed by atoms with van der Waals surface area (Å²) >= 11 is 0. The molecule has 2 N–H and O–H groups in total. The Morgan fingerprint density at radius 2 is 1.83 bits per heavy atom. The van der Waals surface area contributed by atoms with E-state index in [0.29, 0.717) is 6.42 Å². The molecule has 0 unspecified atom stereocenters. The van der Waals surface area contributed by atoms with Crippen LogP contribution in [0.3, 0.4) is 0 Å². The maximum atomic E-state index is 11.9. The maximum absolute atomic E-state index is 11.9. The molecule has 1 aromatic carbocycles. The van der Waals surface area contributed by atoms with E-state index in [0.717, 1.165) is 5.56 Å². The van der Waals surface area contributed by atoms with Crippen LogP contribution in [-0.2, 0) is 16.4 Å². The minimum atomic E-state index is -3.35. The molecule has 0 radical (unpaired) electrons. The first kappa shape index (κ1) is 15.1. The van der Waals surface area contributed by atoms with Crippen molar-refractivity contribution in [2.45, 2.75) is 26.3 Å². The Hall–Kier alpha value is -0.910. The van der Waals surface area contributed by atoms with Crippen molar-refractivity contribution in [1.82, 2.24) is 4.72 Å². The first-order valence-electron chi connectivity index (χ1n) is 6.09. The molecule has 0 amide bonds. The van der Waals surface area contributed by atoms with Crippen molar-refractivity contribution in [2.75, 3.05) is 12.4 Å². The quantitative estimate of drug-likeness (QED) is 0.782. The molecular weight excluding hydrogens is 250 g/mol. The van der Waals surface area contributed by atoms with Gasteiger partial charge in [-0.25, -0.2) is 13.1 Å². The largest absolute Gasteiger partial charge is 0.395 e. The van der Waals surface area contributed by atoms with E-state index in [2.05, 4.69) is 4.72 Å². The van der Waals surface area contributed by atoms with Gasteiger partial charge in [0.05, 0.1) is 12.4 Å². The first-order valence-corrected chi connectivity index (χ1v) is 7.74. The zero-order valence-corrected chi connectivity index (χ0v) is 11.7. The fourth-order valence-electron chi connectivity index (χ4n) is 1.57. The number of aliphatic hydroxyl groups is 1. The number of nitrogens with one attached hydrogen (secondary N) is 1. The van der Waals surface area contributed by atoms with E-state index in [-0.39, 0.29) is 18.3 Å². The lowest BCUT2D eigenvalue weighted by atomic mass is 10.1. The molecule has 0 saturated carbocycles. The lowest BCUT2D eigenvalue weighted by Crippen LogP contribution is -2.42. The predicted molar refractivity (Wildman–Crippen MR) is 72.8 cm³/mol. The van der Waals surface area contributed by atoms with E-state index in [1.165, 1.54) is 0 Å². The molecule has 4 nitrogen and oxygen atoms in total. The Kier molecular flexibility index (Phi) is 5.78. The molecule has 0 aliphatic carbocycles. The molecule has 5 heteroatoms. The average molecular weight is 271 g/mol. The monoisotopic (exact) mass is 271 g/mol. The van der Waals surface area contributed by atoms with E-state index in [1.807, 2.05) is 44.2 Å². The third-order valence-electron chi connectivity index (χ3n) is 2.83. The van der Waals surface area contributed by atoms with Crippen molar-refractivity contribution in [2.24, 2.45) is 5.92 Å². The summed E-state index contributed by atoms with van der Waals surface area (Å²) in [6.07, 6.45) is 0.479. The molecule has 102 valence electrons. The van der Waals surface area contributed by atoms with Crippen LogP contribution < -0.4 is 4.72 Å². The standard InChI is InChI=1S/C13H21NO3S/c1-11(2)13(10-15)14-18(16,17)9-8-12-6-4-3-5-7-12/h3-7,11,13-15H,8-10H2,1-2H3/t13-/m1/s1. The molecule has 1 aromatic rings. The van der Waals surface area contributed by atoms with Crippen molar-refractivity contribution in [3.8, 4) is 0 Å². The number of aryl methyl sites for hydroxylation is 1. The number of sulfonamides is 1. The van der Waals surface area contributed by atoms with E-state index in [1.54, 1.807) is 0 Å². The normalized spacial score (nSPS) is 13.8. The van der Waals surface area contributed by atoms with Crippen molar-refractivity contribution in [1.29, 1.82) is 0 Å². The molecule has 0 aliphatic rings. The summed E-state index contributed by atoms with van der Waals surface area (Å²) in [5, 5.41) is 9.12. The van der Waals surface area contributed by atoms with E-state index >= 15 is 0 Å². The van der Waals surface area contributed by atoms with E-state index < -0.39 is 16.1 Å². The number of hydrogen-bond acceptors (Lipinski definition) is 3. The molecule has 18 heavy (non-hydrogen) atoms. The Balaban J connectivity index is 2.55. The summed E-state index contributed by atoms with van der Waals surface area (Å²) in [6.45, 7) is 3.57. The smallest absolute Gasteiger partial charge is 0.212 e. The molecule has 0 saturated heterocycles. The topological polar surface area (TPSA) is 66.4 Å². The van der Waals surface area contributed by atoms with Crippen molar-refractivity contribution in [3.05, 3.63) is 35.9 Å². The van der Waals surface area contributed by atoms with Crippen LogP contribution in [0.25, 0.3) is 0 Å². The third kappa shape index (κ3) is 5.16. The summed E-state index contributed by atoms with van der Waals surface area (Å²) in [6, 6.07) is 9.07. The number of rotatable bonds is 7. The first-order chi connectivity index (χ1) is 8.44. The highest BCUT2D eigenvalue weighted by Gasteiger charge is 2.19. The Bertz CT molecular complexity index is 443. The lowest BCUT2D eigenvalue weighted by Gasteiger charge is -2.19. The van der Waals surface area contributed by atoms with Crippen molar-refractivity contribution in [3.63, 3.8) is 0 Å². The zero-order valence-electron chi connectivity index (χ0n) is 10.8. The minimum Gasteiger partial charge on any atom is -0.395 e. The van der Waals surface area contributed by atoms with E-state index in [9.17, 15) is 8.42 Å². The molecule has 0 bridgehead atoms. The van der Waals surface area contributed by atoms with Crippen LogP contribution in [0.2, 0.25) is 0 Å². The van der Waals surface area contributed by atoms with Gasteiger partial charge in [0.2, 0.25) is 10.0 Å². The van der Waals surface area contributed by atoms with Gasteiger partial charge in [-0.2, -0.15) is 0 Å². The molecule has 0 aliphatic heterocycles. The van der Waals surface area contributed by atoms with Crippen LogP contribution in [0.4, 0.5) is 0 Å². The summed E-state index contributed by atoms with van der Waals surface area (Å²) in [5.74, 6) is 0.113. The fourth-order valence-corrected chi connectivity index (χ4v) is 3.00. The Morgan fingerprint density at radius 3 is 2.33 bits per heavy atom. The van der Waals surface area contributed by atoms with Crippen molar-refractivity contribution >= 4 is 10.0 Å². The lowest BCUT2D eigenvalue weighted by molar-refractivity contribution is 0.227. The average Bonchev–Trinajstić information content (AvgIpc) is 2.35. The highest BCUT2D eigenvalue weighted by Crippen LogP contribution is 2.05. The fraction of sp³-hybridized carbons (Fsp3) is 0.538. The Labute approximate surface area is 109 Å². The number of benzene rings is 1. The summed E-state index contributed by atoms with van der Waals surface area (Å²) < 4.78 is 26.2. The van der Waals surface area contributed by atoms with Crippen LogP contribution >= 0.6 is 0 Å². The van der Waals surface area contributed by atoms with Gasteiger partial charge in [0.15, 0.2) is 0 Å². The second kappa shape index (κ2) is 6.87. The predicted octanol–water partition coefficient (Wildman–Crippen LogP) is 1.17. The summed E-state index contributed by atoms with van der Waals surface area (Å²) in [5.41, 5.74) is 0.993. The van der Waals surface area contributed by atoms with Gasteiger partial charge in [0.1, 0.15) is 0 Å². The third-order valence-corrected chi connectivity index (χ3v) is 4.24. The van der Waals surface area contributed by atoms with Gasteiger partial charge in [-0.05, 0) is 17.9 Å². The summed E-state index contributed by atoms with van der Waals surface area (Å²) in [4.78, 5) is 0. The minimum absolute atomic E-state index is 0.0419. The van der Waals surface area contributed by atoms with Gasteiger partial charge >= 0.3 is 0 Å². The molecule has 1 atom stereocenters. The molecular formula is C13H21NO3S. The van der Waals surface area contributed by atoms with Crippen molar-refractivity contribution < 1.29 is 13.5 Å². The van der Waals surface area contributed by atoms with Crippen LogP contribution in [0.1, 0.15) is 19.4 Å². The second-order valence-electron chi connectivity index (χ2n) is 4.71. The van der Waals surface area contributed by atoms with Gasteiger partial charge in [0, 0.05) is 6.04 Å². The zero-order chi connectivity index (χ0) is 13.6. The molecule has 1 rings (SSSR count). The van der Waals surface area contributed by atoms with Crippen LogP contribution in [-0.4, -0.2) is 31.9 Å². The van der Waals surface area contributed by atoms with Gasteiger partial charge in [-0.3, -0.25) is 0 Å². The highest BCUT2D eigenvalue weighted by atomic mass is 32.2. The van der Waals surface area contributed by atoms with Gasteiger partial charge in [0.25, 0.3) is 0 Å². The van der Waals surface area contributed by atoms with Crippen LogP contribution in [0, 0.1) is 5.92 Å².